The number of amides is 1. The monoisotopic (exact) mass is 250 g/mol. The normalized spacial score (nSPS) is 18.5. The first-order chi connectivity index (χ1) is 8.63. The zero-order chi connectivity index (χ0) is 13.1. The van der Waals surface area contributed by atoms with Gasteiger partial charge in [0.25, 0.3) is 0 Å². The van der Waals surface area contributed by atoms with Gasteiger partial charge in [0.2, 0.25) is 5.91 Å². The van der Waals surface area contributed by atoms with Crippen molar-refractivity contribution in [2.45, 2.75) is 52.2 Å². The number of aliphatic hydroxyl groups is 1. The summed E-state index contributed by atoms with van der Waals surface area (Å²) in [7, 11) is 0. The number of rotatable bonds is 4. The molecule has 2 rings (SSSR count). The lowest BCUT2D eigenvalue weighted by Crippen LogP contribution is -2.24. The van der Waals surface area contributed by atoms with Crippen LogP contribution in [0.3, 0.4) is 0 Å². The Balaban J connectivity index is 2.11. The van der Waals surface area contributed by atoms with Crippen LogP contribution in [0.5, 0.6) is 0 Å². The highest BCUT2D eigenvalue weighted by molar-refractivity contribution is 5.75. The fourth-order valence-corrected chi connectivity index (χ4v) is 2.75. The molecule has 0 fully saturated rings. The number of carbonyl (C=O) groups excluding carboxylic acids is 1. The van der Waals surface area contributed by atoms with E-state index in [-0.39, 0.29) is 12.0 Å². The zero-order valence-electron chi connectivity index (χ0n) is 11.2. The zero-order valence-corrected chi connectivity index (χ0v) is 11.2. The smallest absolute Gasteiger partial charge is 0.221 e. The van der Waals surface area contributed by atoms with Crippen molar-refractivity contribution in [3.63, 3.8) is 0 Å². The van der Waals surface area contributed by atoms with Crippen LogP contribution in [0.1, 0.15) is 49.2 Å². The Morgan fingerprint density at radius 2 is 2.39 bits per heavy atom. The molecule has 0 saturated carbocycles. The minimum absolute atomic E-state index is 0.0932. The van der Waals surface area contributed by atoms with E-state index in [9.17, 15) is 9.90 Å². The Bertz CT molecular complexity index is 437. The van der Waals surface area contributed by atoms with Crippen LogP contribution < -0.4 is 5.32 Å². The molecule has 18 heavy (non-hydrogen) atoms. The number of aryl methyl sites for hydroxylation is 1. The maximum absolute atomic E-state index is 11.5. The van der Waals surface area contributed by atoms with E-state index in [0.717, 1.165) is 30.5 Å². The second-order valence-electron chi connectivity index (χ2n) is 4.95. The number of carbonyl (C=O) groups is 1. The Kier molecular flexibility index (Phi) is 4.07. The van der Waals surface area contributed by atoms with Crippen LogP contribution in [0.15, 0.2) is 6.07 Å². The molecule has 100 valence electrons. The van der Waals surface area contributed by atoms with Crippen molar-refractivity contribution >= 4 is 5.91 Å². The third-order valence-electron chi connectivity index (χ3n) is 3.64. The first kappa shape index (κ1) is 13.1. The van der Waals surface area contributed by atoms with Gasteiger partial charge >= 0.3 is 0 Å². The maximum atomic E-state index is 11.5. The maximum Gasteiger partial charge on any atom is 0.221 e. The van der Waals surface area contributed by atoms with Gasteiger partial charge in [-0.15, -0.1) is 0 Å². The number of nitrogens with zero attached hydrogens (tertiary/aromatic N) is 1. The number of hydrogen-bond acceptors (Lipinski definition) is 2. The van der Waals surface area contributed by atoms with E-state index in [1.54, 1.807) is 0 Å². The summed E-state index contributed by atoms with van der Waals surface area (Å²) < 4.78 is 2.19. The summed E-state index contributed by atoms with van der Waals surface area (Å²) in [5, 5.41) is 12.8. The number of nitrogens with one attached hydrogen (secondary N) is 1. The van der Waals surface area contributed by atoms with E-state index < -0.39 is 0 Å². The Morgan fingerprint density at radius 1 is 1.61 bits per heavy atom. The molecular formula is C14H22N2O2. The molecule has 1 aromatic rings. The summed E-state index contributed by atoms with van der Waals surface area (Å²) >= 11 is 0. The molecule has 1 aliphatic carbocycles. The molecule has 0 saturated heterocycles. The van der Waals surface area contributed by atoms with Gasteiger partial charge in [0.15, 0.2) is 0 Å². The molecule has 4 nitrogen and oxygen atoms in total. The lowest BCUT2D eigenvalue weighted by Gasteiger charge is -2.20. The summed E-state index contributed by atoms with van der Waals surface area (Å²) in [5.41, 5.74) is 3.43. The van der Waals surface area contributed by atoms with E-state index in [1.807, 2.05) is 13.8 Å². The van der Waals surface area contributed by atoms with Crippen molar-refractivity contribution < 1.29 is 9.90 Å². The first-order valence-corrected chi connectivity index (χ1v) is 6.77. The molecule has 1 aromatic heterocycles. The highest BCUT2D eigenvalue weighted by Gasteiger charge is 2.22. The second kappa shape index (κ2) is 5.57. The molecule has 0 aliphatic heterocycles. The Hall–Kier alpha value is -1.29. The fourth-order valence-electron chi connectivity index (χ4n) is 2.75. The van der Waals surface area contributed by atoms with Crippen LogP contribution in [-0.2, 0) is 17.8 Å². The molecule has 1 heterocycles. The SMILES string of the molecule is CCNC(=O)CCn1c(C)cc2c1CCCC2O. The van der Waals surface area contributed by atoms with Crippen molar-refractivity contribution in [3.8, 4) is 0 Å². The number of hydrogen-bond donors (Lipinski definition) is 2. The van der Waals surface area contributed by atoms with E-state index in [4.69, 9.17) is 0 Å². The van der Waals surface area contributed by atoms with Crippen molar-refractivity contribution in [1.82, 2.24) is 9.88 Å². The molecule has 1 amide bonds. The van der Waals surface area contributed by atoms with Crippen molar-refractivity contribution in [1.29, 1.82) is 0 Å². The van der Waals surface area contributed by atoms with Gasteiger partial charge in [0, 0.05) is 36.5 Å². The molecule has 2 N–H and O–H groups in total. The van der Waals surface area contributed by atoms with E-state index in [2.05, 4.69) is 16.0 Å². The predicted molar refractivity (Wildman–Crippen MR) is 70.4 cm³/mol. The quantitative estimate of drug-likeness (QED) is 0.854. The first-order valence-electron chi connectivity index (χ1n) is 6.77. The Labute approximate surface area is 108 Å². The summed E-state index contributed by atoms with van der Waals surface area (Å²) in [6.45, 7) is 5.36. The van der Waals surface area contributed by atoms with Gasteiger partial charge in [0.05, 0.1) is 6.10 Å². The molecule has 1 unspecified atom stereocenters. The second-order valence-corrected chi connectivity index (χ2v) is 4.95. The summed E-state index contributed by atoms with van der Waals surface area (Å²) in [4.78, 5) is 11.5. The third-order valence-corrected chi connectivity index (χ3v) is 3.64. The lowest BCUT2D eigenvalue weighted by atomic mass is 9.95. The van der Waals surface area contributed by atoms with Crippen LogP contribution in [-0.4, -0.2) is 22.1 Å². The van der Waals surface area contributed by atoms with Gasteiger partial charge in [-0.05, 0) is 39.2 Å². The van der Waals surface area contributed by atoms with E-state index in [0.29, 0.717) is 19.5 Å². The summed E-state index contributed by atoms with van der Waals surface area (Å²) in [5.74, 6) is 0.0932. The molecule has 0 aromatic carbocycles. The number of aromatic nitrogens is 1. The lowest BCUT2D eigenvalue weighted by molar-refractivity contribution is -0.121. The van der Waals surface area contributed by atoms with Gasteiger partial charge in [-0.3, -0.25) is 4.79 Å². The molecular weight excluding hydrogens is 228 g/mol. The van der Waals surface area contributed by atoms with E-state index >= 15 is 0 Å². The van der Waals surface area contributed by atoms with Gasteiger partial charge < -0.3 is 15.0 Å². The summed E-state index contributed by atoms with van der Waals surface area (Å²) in [6.07, 6.45) is 3.07. The largest absolute Gasteiger partial charge is 0.388 e. The molecule has 0 bridgehead atoms. The molecule has 0 radical (unpaired) electrons. The minimum Gasteiger partial charge on any atom is -0.388 e. The molecule has 1 aliphatic rings. The third kappa shape index (κ3) is 2.58. The average molecular weight is 250 g/mol. The van der Waals surface area contributed by atoms with Crippen molar-refractivity contribution in [3.05, 3.63) is 23.0 Å². The highest BCUT2D eigenvalue weighted by Crippen LogP contribution is 2.32. The molecule has 1 atom stereocenters. The molecule has 4 heteroatoms. The van der Waals surface area contributed by atoms with Gasteiger partial charge in [-0.2, -0.15) is 0 Å². The number of fused-ring (bicyclic) bond motifs is 1. The number of aliphatic hydroxyl groups excluding tert-OH is 1. The summed E-state index contributed by atoms with van der Waals surface area (Å²) in [6, 6.07) is 2.07. The van der Waals surface area contributed by atoms with Crippen LogP contribution in [0, 0.1) is 6.92 Å². The highest BCUT2D eigenvalue weighted by atomic mass is 16.3. The van der Waals surface area contributed by atoms with E-state index in [1.165, 1.54) is 5.69 Å². The van der Waals surface area contributed by atoms with Gasteiger partial charge in [0.1, 0.15) is 0 Å². The van der Waals surface area contributed by atoms with Crippen molar-refractivity contribution in [2.75, 3.05) is 6.54 Å². The van der Waals surface area contributed by atoms with Crippen LogP contribution >= 0.6 is 0 Å². The van der Waals surface area contributed by atoms with Crippen molar-refractivity contribution in [2.24, 2.45) is 0 Å². The minimum atomic E-state index is -0.321. The van der Waals surface area contributed by atoms with Crippen LogP contribution in [0.25, 0.3) is 0 Å². The fraction of sp³-hybridized carbons (Fsp3) is 0.643. The van der Waals surface area contributed by atoms with Crippen LogP contribution in [0.2, 0.25) is 0 Å². The van der Waals surface area contributed by atoms with Gasteiger partial charge in [-0.25, -0.2) is 0 Å². The standard InChI is InChI=1S/C14H22N2O2/c1-3-15-14(18)7-8-16-10(2)9-11-12(16)5-4-6-13(11)17/h9,13,17H,3-8H2,1-2H3,(H,15,18). The van der Waals surface area contributed by atoms with Crippen LogP contribution in [0.4, 0.5) is 0 Å². The predicted octanol–water partition coefficient (Wildman–Crippen LogP) is 1.69. The Morgan fingerprint density at radius 3 is 3.11 bits per heavy atom. The van der Waals surface area contributed by atoms with Gasteiger partial charge in [-0.1, -0.05) is 0 Å². The molecule has 0 spiro atoms. The topological polar surface area (TPSA) is 54.3 Å². The average Bonchev–Trinajstić information content (AvgIpc) is 2.65.